The van der Waals surface area contributed by atoms with Crippen molar-refractivity contribution >= 4 is 5.91 Å². The summed E-state index contributed by atoms with van der Waals surface area (Å²) in [6, 6.07) is 0. The molecule has 0 atom stereocenters. The van der Waals surface area contributed by atoms with Crippen LogP contribution >= 0.6 is 0 Å². The zero-order chi connectivity index (χ0) is 10.1. The number of hydrogen-bond acceptors (Lipinski definition) is 3. The molecule has 0 unspecified atom stereocenters. The minimum atomic E-state index is -0.407. The van der Waals surface area contributed by atoms with Gasteiger partial charge in [-0.2, -0.15) is 5.17 Å². The maximum absolute atomic E-state index is 10.8. The van der Waals surface area contributed by atoms with E-state index < -0.39 is 5.91 Å². The monoisotopic (exact) mass is 188 g/mol. The highest BCUT2D eigenvalue weighted by Gasteiger charge is 2.04. The average Bonchev–Trinajstić information content (AvgIpc) is 2.10. The topological polar surface area (TPSA) is 66.6 Å². The van der Waals surface area contributed by atoms with Gasteiger partial charge in [0.15, 0.2) is 0 Å². The van der Waals surface area contributed by atoms with Crippen molar-refractivity contribution in [1.82, 2.24) is 5.17 Å². The van der Waals surface area contributed by atoms with Crippen molar-refractivity contribution in [2.24, 2.45) is 5.84 Å². The Morgan fingerprint density at radius 3 is 2.31 bits per heavy atom. The molecule has 0 bridgehead atoms. The number of hydroxylamine groups is 1. The summed E-state index contributed by atoms with van der Waals surface area (Å²) in [4.78, 5) is 10.8. The van der Waals surface area contributed by atoms with E-state index in [-0.39, 0.29) is 5.17 Å². The molecule has 0 aromatic heterocycles. The predicted molar refractivity (Wildman–Crippen MR) is 50.8 cm³/mol. The Labute approximate surface area is 79.6 Å². The van der Waals surface area contributed by atoms with Gasteiger partial charge in [0.1, 0.15) is 0 Å². The molecule has 4 nitrogen and oxygen atoms in total. The van der Waals surface area contributed by atoms with Gasteiger partial charge in [0.25, 0.3) is 5.91 Å². The largest absolute Gasteiger partial charge is 0.271 e. The van der Waals surface area contributed by atoms with Crippen molar-refractivity contribution in [2.75, 3.05) is 0 Å². The van der Waals surface area contributed by atoms with E-state index in [9.17, 15) is 4.79 Å². The van der Waals surface area contributed by atoms with Gasteiger partial charge in [-0.3, -0.25) is 10.0 Å². The molecule has 4 heteroatoms. The van der Waals surface area contributed by atoms with Crippen LogP contribution in [0.3, 0.4) is 0 Å². The Kier molecular flexibility index (Phi) is 7.63. The zero-order valence-corrected chi connectivity index (χ0v) is 8.33. The van der Waals surface area contributed by atoms with Gasteiger partial charge in [-0.15, -0.1) is 0 Å². The summed E-state index contributed by atoms with van der Waals surface area (Å²) in [7, 11) is 0. The van der Waals surface area contributed by atoms with Crippen LogP contribution in [0.4, 0.5) is 0 Å². The molecule has 0 heterocycles. The van der Waals surface area contributed by atoms with Crippen LogP contribution in [0.2, 0.25) is 0 Å². The highest BCUT2D eigenvalue weighted by atomic mass is 16.5. The van der Waals surface area contributed by atoms with Crippen LogP contribution in [0.5, 0.6) is 0 Å². The van der Waals surface area contributed by atoms with Gasteiger partial charge in [-0.05, 0) is 6.42 Å². The summed E-state index contributed by atoms with van der Waals surface area (Å²) < 4.78 is 0. The fourth-order valence-electron chi connectivity index (χ4n) is 1.17. The molecule has 0 fully saturated rings. The van der Waals surface area contributed by atoms with Crippen LogP contribution in [0.15, 0.2) is 0 Å². The molecule has 78 valence electrons. The molecule has 3 N–H and O–H groups in total. The summed E-state index contributed by atoms with van der Waals surface area (Å²) >= 11 is 0. The number of amides is 1. The molecule has 0 aromatic rings. The smallest absolute Gasteiger partial charge is 0.260 e. The summed E-state index contributed by atoms with van der Waals surface area (Å²) in [6.45, 7) is 2.17. The zero-order valence-electron chi connectivity index (χ0n) is 8.33. The quantitative estimate of drug-likeness (QED) is 0.210. The molecule has 0 aliphatic rings. The van der Waals surface area contributed by atoms with Gasteiger partial charge in [0, 0.05) is 6.42 Å². The third-order valence-corrected chi connectivity index (χ3v) is 2.00. The average molecular weight is 188 g/mol. The van der Waals surface area contributed by atoms with Crippen LogP contribution in [0.1, 0.15) is 51.9 Å². The van der Waals surface area contributed by atoms with E-state index in [2.05, 4.69) is 6.92 Å². The number of unbranched alkanes of at least 4 members (excludes halogenated alkanes) is 5. The second-order valence-electron chi connectivity index (χ2n) is 3.26. The van der Waals surface area contributed by atoms with Crippen molar-refractivity contribution in [2.45, 2.75) is 51.9 Å². The number of rotatable bonds is 7. The standard InChI is InChI=1S/C9H20N2O2/c1-2-3-4-5-6-7-8-9(12)11(10)13/h13H,2-8,10H2,1H3. The van der Waals surface area contributed by atoms with E-state index in [1.807, 2.05) is 0 Å². The maximum Gasteiger partial charge on any atom is 0.260 e. The lowest BCUT2D eigenvalue weighted by Crippen LogP contribution is -2.33. The summed E-state index contributed by atoms with van der Waals surface area (Å²) in [5.74, 6) is 4.43. The van der Waals surface area contributed by atoms with Gasteiger partial charge in [-0.1, -0.05) is 39.0 Å². The van der Waals surface area contributed by atoms with Crippen LogP contribution < -0.4 is 5.84 Å². The molecule has 0 aliphatic carbocycles. The van der Waals surface area contributed by atoms with Crippen molar-refractivity contribution < 1.29 is 10.0 Å². The van der Waals surface area contributed by atoms with E-state index >= 15 is 0 Å². The Morgan fingerprint density at radius 1 is 1.23 bits per heavy atom. The second kappa shape index (κ2) is 8.01. The van der Waals surface area contributed by atoms with Crippen LogP contribution in [-0.2, 0) is 4.79 Å². The molecular formula is C9H20N2O2. The van der Waals surface area contributed by atoms with Crippen molar-refractivity contribution in [3.05, 3.63) is 0 Å². The van der Waals surface area contributed by atoms with Crippen LogP contribution in [0.25, 0.3) is 0 Å². The van der Waals surface area contributed by atoms with E-state index in [1.54, 1.807) is 0 Å². The minimum Gasteiger partial charge on any atom is -0.271 e. The lowest BCUT2D eigenvalue weighted by atomic mass is 10.1. The molecular weight excluding hydrogens is 168 g/mol. The summed E-state index contributed by atoms with van der Waals surface area (Å²) in [6.07, 6.45) is 7.09. The first-order valence-corrected chi connectivity index (χ1v) is 4.95. The van der Waals surface area contributed by atoms with E-state index in [0.717, 1.165) is 19.3 Å². The fourth-order valence-corrected chi connectivity index (χ4v) is 1.17. The van der Waals surface area contributed by atoms with Crippen molar-refractivity contribution in [1.29, 1.82) is 0 Å². The van der Waals surface area contributed by atoms with Crippen LogP contribution in [0, 0.1) is 0 Å². The third-order valence-electron chi connectivity index (χ3n) is 2.00. The first-order chi connectivity index (χ1) is 6.18. The lowest BCUT2D eigenvalue weighted by Gasteiger charge is -2.06. The predicted octanol–water partition coefficient (Wildman–Crippen LogP) is 1.83. The van der Waals surface area contributed by atoms with E-state index in [4.69, 9.17) is 11.0 Å². The molecule has 0 rings (SSSR count). The molecule has 0 spiro atoms. The van der Waals surface area contributed by atoms with Gasteiger partial charge in [0.05, 0.1) is 0 Å². The van der Waals surface area contributed by atoms with Crippen molar-refractivity contribution in [3.8, 4) is 0 Å². The van der Waals surface area contributed by atoms with Crippen LogP contribution in [-0.4, -0.2) is 16.3 Å². The van der Waals surface area contributed by atoms with Crippen molar-refractivity contribution in [3.63, 3.8) is 0 Å². The molecule has 0 saturated carbocycles. The highest BCUT2D eigenvalue weighted by Crippen LogP contribution is 2.06. The molecule has 1 amide bonds. The van der Waals surface area contributed by atoms with Gasteiger partial charge in [0.2, 0.25) is 0 Å². The highest BCUT2D eigenvalue weighted by molar-refractivity contribution is 5.74. The molecule has 0 aromatic carbocycles. The number of carbonyl (C=O) groups is 1. The van der Waals surface area contributed by atoms with Gasteiger partial charge < -0.3 is 0 Å². The lowest BCUT2D eigenvalue weighted by molar-refractivity contribution is -0.166. The number of nitrogens with zero attached hydrogens (tertiary/aromatic N) is 1. The molecule has 0 aliphatic heterocycles. The fraction of sp³-hybridized carbons (Fsp3) is 0.889. The molecule has 0 radical (unpaired) electrons. The summed E-state index contributed by atoms with van der Waals surface area (Å²) in [5.41, 5.74) is 0. The third kappa shape index (κ3) is 7.74. The Hall–Kier alpha value is -0.610. The summed E-state index contributed by atoms with van der Waals surface area (Å²) in [5, 5.41) is 8.70. The maximum atomic E-state index is 10.8. The van der Waals surface area contributed by atoms with E-state index in [1.165, 1.54) is 19.3 Å². The second-order valence-corrected chi connectivity index (χ2v) is 3.26. The van der Waals surface area contributed by atoms with Gasteiger partial charge >= 0.3 is 0 Å². The van der Waals surface area contributed by atoms with Gasteiger partial charge in [-0.25, -0.2) is 5.84 Å². The number of hydrazine groups is 1. The Balaban J connectivity index is 3.12. The minimum absolute atomic E-state index is 0.173. The first kappa shape index (κ1) is 12.4. The normalized spacial score (nSPS) is 10.1. The van der Waals surface area contributed by atoms with E-state index in [0.29, 0.717) is 6.42 Å². The SMILES string of the molecule is CCCCCCCCC(=O)N(N)O. The number of carbonyl (C=O) groups excluding carboxylic acids is 1. The molecule has 13 heavy (non-hydrogen) atoms. The number of nitrogens with two attached hydrogens (primary N) is 1. The Bertz CT molecular complexity index is 138. The first-order valence-electron chi connectivity index (χ1n) is 4.95. The molecule has 0 saturated heterocycles. The Morgan fingerprint density at radius 2 is 1.77 bits per heavy atom. The number of hydrogen-bond donors (Lipinski definition) is 2.